The Labute approximate surface area is 115 Å². The highest BCUT2D eigenvalue weighted by molar-refractivity contribution is 6.32. The second kappa shape index (κ2) is 5.32. The lowest BCUT2D eigenvalue weighted by Gasteiger charge is -2.06. The highest BCUT2D eigenvalue weighted by atomic mass is 35.5. The minimum Gasteiger partial charge on any atom is -0.506 e. The van der Waals surface area contributed by atoms with Crippen LogP contribution in [0, 0.1) is 13.8 Å². The molecule has 0 bridgehead atoms. The van der Waals surface area contributed by atoms with Crippen molar-refractivity contribution >= 4 is 17.5 Å². The van der Waals surface area contributed by atoms with Crippen LogP contribution in [-0.2, 0) is 6.54 Å². The number of amides is 1. The molecule has 1 aromatic heterocycles. The maximum Gasteiger partial charge on any atom is 0.251 e. The van der Waals surface area contributed by atoms with Crippen LogP contribution in [0.1, 0.15) is 27.4 Å². The van der Waals surface area contributed by atoms with Crippen LogP contribution in [0.3, 0.4) is 0 Å². The van der Waals surface area contributed by atoms with Crippen molar-refractivity contribution in [3.05, 3.63) is 45.8 Å². The third kappa shape index (κ3) is 2.88. The van der Waals surface area contributed by atoms with Crippen molar-refractivity contribution in [3.63, 3.8) is 0 Å². The van der Waals surface area contributed by atoms with Crippen molar-refractivity contribution in [1.29, 1.82) is 0 Å². The molecule has 0 saturated heterocycles. The summed E-state index contributed by atoms with van der Waals surface area (Å²) in [5.74, 6) is 0.354. The number of phenolic OH excluding ortho intramolecular Hbond substituents is 1. The van der Waals surface area contributed by atoms with Gasteiger partial charge in [-0.25, -0.2) is 0 Å². The molecule has 2 N–H and O–H groups in total. The third-order valence-electron chi connectivity index (χ3n) is 2.82. The number of aromatic hydroxyl groups is 1. The molecule has 0 spiro atoms. The fourth-order valence-electron chi connectivity index (χ4n) is 1.67. The Morgan fingerprint density at radius 3 is 2.79 bits per heavy atom. The van der Waals surface area contributed by atoms with E-state index in [0.29, 0.717) is 17.9 Å². The normalized spacial score (nSPS) is 10.5. The van der Waals surface area contributed by atoms with Crippen LogP contribution < -0.4 is 5.32 Å². The first-order valence-corrected chi connectivity index (χ1v) is 6.05. The molecule has 0 fully saturated rings. The SMILES string of the molecule is Cc1noc(C)c1CNC(=O)c1ccc(O)c(Cl)c1. The predicted molar refractivity (Wildman–Crippen MR) is 70.3 cm³/mol. The van der Waals surface area contributed by atoms with Crippen LogP contribution in [0.5, 0.6) is 5.75 Å². The zero-order valence-electron chi connectivity index (χ0n) is 10.5. The first-order chi connectivity index (χ1) is 8.99. The van der Waals surface area contributed by atoms with E-state index in [2.05, 4.69) is 10.5 Å². The average molecular weight is 281 g/mol. The highest BCUT2D eigenvalue weighted by Gasteiger charge is 2.12. The largest absolute Gasteiger partial charge is 0.506 e. The van der Waals surface area contributed by atoms with E-state index in [1.54, 1.807) is 6.92 Å². The maximum atomic E-state index is 11.9. The van der Waals surface area contributed by atoms with Gasteiger partial charge in [0.1, 0.15) is 11.5 Å². The molecule has 100 valence electrons. The number of halogens is 1. The van der Waals surface area contributed by atoms with Crippen molar-refractivity contribution < 1.29 is 14.4 Å². The lowest BCUT2D eigenvalue weighted by molar-refractivity contribution is 0.0951. The van der Waals surface area contributed by atoms with Gasteiger partial charge in [0.15, 0.2) is 0 Å². The molecule has 1 aromatic carbocycles. The van der Waals surface area contributed by atoms with E-state index in [9.17, 15) is 9.90 Å². The number of nitrogens with one attached hydrogen (secondary N) is 1. The summed E-state index contributed by atoms with van der Waals surface area (Å²) < 4.78 is 5.01. The van der Waals surface area contributed by atoms with E-state index >= 15 is 0 Å². The fraction of sp³-hybridized carbons (Fsp3) is 0.231. The number of hydrogen-bond donors (Lipinski definition) is 2. The summed E-state index contributed by atoms with van der Waals surface area (Å²) in [6.07, 6.45) is 0. The molecular weight excluding hydrogens is 268 g/mol. The standard InChI is InChI=1S/C13H13ClN2O3/c1-7-10(8(2)19-16-7)6-15-13(18)9-3-4-12(17)11(14)5-9/h3-5,17H,6H2,1-2H3,(H,15,18). The number of phenols is 1. The van der Waals surface area contributed by atoms with Gasteiger partial charge in [0.2, 0.25) is 0 Å². The summed E-state index contributed by atoms with van der Waals surface area (Å²) in [4.78, 5) is 11.9. The number of nitrogens with zero attached hydrogens (tertiary/aromatic N) is 1. The van der Waals surface area contributed by atoms with Gasteiger partial charge in [0.25, 0.3) is 5.91 Å². The molecule has 1 amide bonds. The zero-order valence-corrected chi connectivity index (χ0v) is 11.3. The van der Waals surface area contributed by atoms with E-state index in [4.69, 9.17) is 16.1 Å². The molecule has 0 saturated carbocycles. The minimum atomic E-state index is -0.276. The Kier molecular flexibility index (Phi) is 3.76. The average Bonchev–Trinajstić information content (AvgIpc) is 2.69. The second-order valence-electron chi connectivity index (χ2n) is 4.15. The lowest BCUT2D eigenvalue weighted by Crippen LogP contribution is -2.23. The van der Waals surface area contributed by atoms with Gasteiger partial charge in [-0.1, -0.05) is 16.8 Å². The summed E-state index contributed by atoms with van der Waals surface area (Å²) in [6.45, 7) is 3.94. The minimum absolute atomic E-state index is 0.0519. The molecule has 0 aliphatic rings. The van der Waals surface area contributed by atoms with Gasteiger partial charge in [0.05, 0.1) is 10.7 Å². The smallest absolute Gasteiger partial charge is 0.251 e. The van der Waals surface area contributed by atoms with Crippen LogP contribution in [0.2, 0.25) is 5.02 Å². The highest BCUT2D eigenvalue weighted by Crippen LogP contribution is 2.23. The first kappa shape index (κ1) is 13.4. The molecule has 0 unspecified atom stereocenters. The molecular formula is C13H13ClN2O3. The molecule has 0 aliphatic carbocycles. The number of benzene rings is 1. The van der Waals surface area contributed by atoms with E-state index in [0.717, 1.165) is 11.3 Å². The first-order valence-electron chi connectivity index (χ1n) is 5.67. The number of aryl methyl sites for hydroxylation is 2. The summed E-state index contributed by atoms with van der Waals surface area (Å²) in [5, 5.41) is 16.0. The van der Waals surface area contributed by atoms with Crippen molar-refractivity contribution in [2.24, 2.45) is 0 Å². The zero-order chi connectivity index (χ0) is 14.0. The molecule has 2 rings (SSSR count). The third-order valence-corrected chi connectivity index (χ3v) is 3.12. The summed E-state index contributed by atoms with van der Waals surface area (Å²) >= 11 is 5.75. The number of rotatable bonds is 3. The van der Waals surface area contributed by atoms with Gasteiger partial charge in [-0.2, -0.15) is 0 Å². The molecule has 5 nitrogen and oxygen atoms in total. The second-order valence-corrected chi connectivity index (χ2v) is 4.56. The van der Waals surface area contributed by atoms with Gasteiger partial charge in [-0.3, -0.25) is 4.79 Å². The Morgan fingerprint density at radius 1 is 1.47 bits per heavy atom. The van der Waals surface area contributed by atoms with Crippen LogP contribution in [-0.4, -0.2) is 16.2 Å². The van der Waals surface area contributed by atoms with Gasteiger partial charge >= 0.3 is 0 Å². The van der Waals surface area contributed by atoms with Gasteiger partial charge in [-0.05, 0) is 32.0 Å². The Balaban J connectivity index is 2.07. The van der Waals surface area contributed by atoms with E-state index in [-0.39, 0.29) is 16.7 Å². The molecule has 0 radical (unpaired) electrons. The lowest BCUT2D eigenvalue weighted by atomic mass is 10.1. The van der Waals surface area contributed by atoms with Crippen LogP contribution in [0.4, 0.5) is 0 Å². The quantitative estimate of drug-likeness (QED) is 0.906. The molecule has 19 heavy (non-hydrogen) atoms. The predicted octanol–water partition coefficient (Wildman–Crippen LogP) is 2.58. The van der Waals surface area contributed by atoms with E-state index < -0.39 is 0 Å². The topological polar surface area (TPSA) is 75.4 Å². The number of carbonyl (C=O) groups is 1. The number of aromatic nitrogens is 1. The molecule has 0 atom stereocenters. The van der Waals surface area contributed by atoms with Crippen molar-refractivity contribution in [1.82, 2.24) is 10.5 Å². The van der Waals surface area contributed by atoms with E-state index in [1.165, 1.54) is 18.2 Å². The van der Waals surface area contributed by atoms with Crippen molar-refractivity contribution in [2.45, 2.75) is 20.4 Å². The number of hydrogen-bond acceptors (Lipinski definition) is 4. The van der Waals surface area contributed by atoms with Crippen molar-refractivity contribution in [2.75, 3.05) is 0 Å². The Morgan fingerprint density at radius 2 is 2.21 bits per heavy atom. The molecule has 6 heteroatoms. The molecule has 0 aliphatic heterocycles. The van der Waals surface area contributed by atoms with Gasteiger partial charge < -0.3 is 14.9 Å². The van der Waals surface area contributed by atoms with Crippen LogP contribution in [0.15, 0.2) is 22.7 Å². The molecule has 2 aromatic rings. The van der Waals surface area contributed by atoms with Gasteiger partial charge in [-0.15, -0.1) is 0 Å². The van der Waals surface area contributed by atoms with Crippen LogP contribution >= 0.6 is 11.6 Å². The number of carbonyl (C=O) groups excluding carboxylic acids is 1. The maximum absolute atomic E-state index is 11.9. The summed E-state index contributed by atoms with van der Waals surface area (Å²) in [7, 11) is 0. The van der Waals surface area contributed by atoms with Crippen LogP contribution in [0.25, 0.3) is 0 Å². The Bertz CT molecular complexity index is 603. The van der Waals surface area contributed by atoms with Gasteiger partial charge in [0, 0.05) is 17.7 Å². The Hall–Kier alpha value is -2.01. The fourth-order valence-corrected chi connectivity index (χ4v) is 1.85. The van der Waals surface area contributed by atoms with E-state index in [1.807, 2.05) is 6.92 Å². The van der Waals surface area contributed by atoms with Crippen molar-refractivity contribution in [3.8, 4) is 5.75 Å². The summed E-state index contributed by atoms with van der Waals surface area (Å²) in [6, 6.07) is 4.30. The molecule has 1 heterocycles. The monoisotopic (exact) mass is 280 g/mol. The summed E-state index contributed by atoms with van der Waals surface area (Å²) in [5.41, 5.74) is 1.99.